The van der Waals surface area contributed by atoms with Crippen LogP contribution in [-0.2, 0) is 19.4 Å². The molecule has 188 valence electrons. The van der Waals surface area contributed by atoms with Crippen LogP contribution < -0.4 is 4.90 Å². The van der Waals surface area contributed by atoms with Crippen molar-refractivity contribution >= 4 is 17.7 Å². The van der Waals surface area contributed by atoms with Gasteiger partial charge in [0.25, 0.3) is 5.91 Å². The predicted molar refractivity (Wildman–Crippen MR) is 136 cm³/mol. The molecule has 2 aliphatic heterocycles. The van der Waals surface area contributed by atoms with Gasteiger partial charge in [0.2, 0.25) is 5.96 Å². The number of aryl methyl sites for hydroxylation is 3. The minimum atomic E-state index is -0.619. The van der Waals surface area contributed by atoms with E-state index in [9.17, 15) is 13.6 Å². The third kappa shape index (κ3) is 4.29. The standard InChI is InChI=1S/C28H31F2N5O/c1-5-33-27(36)25-26(35-16-23(17(2)3)31-28(33)35)34(15-20-10-11-21(29)14-22(20)30)24(32-25)12-9-19-8-6-7-18(4)13-19/h6-8,10-11,13-14,17,23H,5,9,12,15-16H2,1-4H3/t23-/m0/s1. The summed E-state index contributed by atoms with van der Waals surface area (Å²) in [6.45, 7) is 9.46. The SMILES string of the molecule is CCN1C(=O)c2nc(CCc3cccc(C)c3)n(Cc3ccc(F)cc3F)c2N2C[C@@H](C(C)C)N=C12. The molecule has 0 spiro atoms. The van der Waals surface area contributed by atoms with Crippen molar-refractivity contribution in [3.8, 4) is 0 Å². The van der Waals surface area contributed by atoms with Gasteiger partial charge in [0.15, 0.2) is 5.69 Å². The monoisotopic (exact) mass is 491 g/mol. The van der Waals surface area contributed by atoms with Crippen LogP contribution in [0.15, 0.2) is 47.5 Å². The van der Waals surface area contributed by atoms with E-state index >= 15 is 0 Å². The summed E-state index contributed by atoms with van der Waals surface area (Å²) >= 11 is 0. The van der Waals surface area contributed by atoms with Gasteiger partial charge in [-0.2, -0.15) is 0 Å². The first-order valence-corrected chi connectivity index (χ1v) is 12.5. The zero-order chi connectivity index (χ0) is 25.6. The molecule has 3 aromatic rings. The van der Waals surface area contributed by atoms with E-state index in [0.717, 1.165) is 12.5 Å². The third-order valence-electron chi connectivity index (χ3n) is 7.01. The molecule has 1 atom stereocenters. The van der Waals surface area contributed by atoms with Gasteiger partial charge in [0.1, 0.15) is 23.3 Å². The molecule has 0 saturated carbocycles. The highest BCUT2D eigenvalue weighted by Crippen LogP contribution is 2.35. The summed E-state index contributed by atoms with van der Waals surface area (Å²) < 4.78 is 30.3. The fourth-order valence-electron chi connectivity index (χ4n) is 5.00. The lowest BCUT2D eigenvalue weighted by Crippen LogP contribution is -2.50. The number of guanidine groups is 1. The van der Waals surface area contributed by atoms with Crippen LogP contribution in [0.5, 0.6) is 0 Å². The molecule has 0 bridgehead atoms. The Hall–Kier alpha value is -3.55. The van der Waals surface area contributed by atoms with E-state index in [1.807, 2.05) is 17.6 Å². The normalized spacial score (nSPS) is 17.0. The highest BCUT2D eigenvalue weighted by Gasteiger charge is 2.44. The Balaban J connectivity index is 1.60. The second kappa shape index (κ2) is 9.48. The molecule has 3 heterocycles. The highest BCUT2D eigenvalue weighted by molar-refractivity contribution is 6.18. The summed E-state index contributed by atoms with van der Waals surface area (Å²) in [5.74, 6) is 0.841. The molecule has 1 aromatic heterocycles. The topological polar surface area (TPSA) is 53.7 Å². The fraction of sp³-hybridized carbons (Fsp3) is 0.393. The van der Waals surface area contributed by atoms with Crippen molar-refractivity contribution in [3.63, 3.8) is 0 Å². The molecule has 6 nitrogen and oxygen atoms in total. The maximum Gasteiger partial charge on any atom is 0.283 e. The van der Waals surface area contributed by atoms with E-state index in [-0.39, 0.29) is 18.5 Å². The molecule has 0 radical (unpaired) electrons. The summed E-state index contributed by atoms with van der Waals surface area (Å²) in [6, 6.07) is 11.9. The van der Waals surface area contributed by atoms with E-state index in [0.29, 0.717) is 54.3 Å². The van der Waals surface area contributed by atoms with Crippen LogP contribution in [0, 0.1) is 24.5 Å². The molecular weight excluding hydrogens is 460 g/mol. The number of fused-ring (bicyclic) bond motifs is 3. The van der Waals surface area contributed by atoms with Crippen LogP contribution in [0.1, 0.15) is 53.8 Å². The number of amides is 1. The van der Waals surface area contributed by atoms with Crippen LogP contribution in [0.3, 0.4) is 0 Å². The fourth-order valence-corrected chi connectivity index (χ4v) is 5.00. The average molecular weight is 492 g/mol. The van der Waals surface area contributed by atoms with Crippen LogP contribution in [0.4, 0.5) is 14.6 Å². The summed E-state index contributed by atoms with van der Waals surface area (Å²) in [5, 5.41) is 0. The minimum Gasteiger partial charge on any atom is -0.309 e. The molecule has 0 aliphatic carbocycles. The number of carbonyl (C=O) groups excluding carboxylic acids is 1. The molecule has 0 saturated heterocycles. The van der Waals surface area contributed by atoms with Gasteiger partial charge in [0, 0.05) is 24.6 Å². The molecule has 0 fully saturated rings. The number of halogens is 2. The minimum absolute atomic E-state index is 0.0365. The first kappa shape index (κ1) is 24.2. The van der Waals surface area contributed by atoms with Gasteiger partial charge in [-0.15, -0.1) is 0 Å². The maximum absolute atomic E-state index is 14.7. The number of nitrogens with zero attached hydrogens (tertiary/aromatic N) is 5. The van der Waals surface area contributed by atoms with E-state index in [2.05, 4.69) is 43.9 Å². The Morgan fingerprint density at radius 1 is 1.11 bits per heavy atom. The number of hydrogen-bond acceptors (Lipinski definition) is 4. The van der Waals surface area contributed by atoms with E-state index in [1.165, 1.54) is 23.3 Å². The average Bonchev–Trinajstić information content (AvgIpc) is 3.42. The van der Waals surface area contributed by atoms with Crippen LogP contribution in [0.25, 0.3) is 0 Å². The van der Waals surface area contributed by atoms with Gasteiger partial charge >= 0.3 is 0 Å². The number of hydrogen-bond donors (Lipinski definition) is 0. The number of aliphatic imine (C=N–C) groups is 1. The number of carbonyl (C=O) groups is 1. The van der Waals surface area contributed by atoms with Crippen molar-refractivity contribution in [2.24, 2.45) is 10.9 Å². The molecule has 0 unspecified atom stereocenters. The Labute approximate surface area is 210 Å². The summed E-state index contributed by atoms with van der Waals surface area (Å²) in [7, 11) is 0. The molecule has 1 amide bonds. The largest absolute Gasteiger partial charge is 0.309 e. The van der Waals surface area contributed by atoms with Crippen molar-refractivity contribution < 1.29 is 13.6 Å². The highest BCUT2D eigenvalue weighted by atomic mass is 19.1. The zero-order valence-corrected chi connectivity index (χ0v) is 21.1. The van der Waals surface area contributed by atoms with Gasteiger partial charge in [-0.05, 0) is 37.8 Å². The van der Waals surface area contributed by atoms with Crippen LogP contribution >= 0.6 is 0 Å². The second-order valence-electron chi connectivity index (χ2n) is 9.91. The Morgan fingerprint density at radius 2 is 1.92 bits per heavy atom. The van der Waals surface area contributed by atoms with Crippen molar-refractivity contribution in [2.45, 2.75) is 53.1 Å². The molecule has 2 aromatic carbocycles. The summed E-state index contributed by atoms with van der Waals surface area (Å²) in [6.07, 6.45) is 1.30. The first-order valence-electron chi connectivity index (χ1n) is 12.5. The van der Waals surface area contributed by atoms with E-state index < -0.39 is 11.6 Å². The molecule has 36 heavy (non-hydrogen) atoms. The van der Waals surface area contributed by atoms with E-state index in [1.54, 1.807) is 4.90 Å². The Bertz CT molecular complexity index is 1350. The lowest BCUT2D eigenvalue weighted by Gasteiger charge is -2.34. The molecule has 2 aliphatic rings. The second-order valence-corrected chi connectivity index (χ2v) is 9.91. The molecule has 5 rings (SSSR count). The van der Waals surface area contributed by atoms with Gasteiger partial charge in [-0.1, -0.05) is 49.7 Å². The lowest BCUT2D eigenvalue weighted by molar-refractivity contribution is 0.0841. The number of imidazole rings is 1. The van der Waals surface area contributed by atoms with Crippen LogP contribution in [0.2, 0.25) is 0 Å². The van der Waals surface area contributed by atoms with Crippen molar-refractivity contribution in [1.29, 1.82) is 0 Å². The maximum atomic E-state index is 14.7. The van der Waals surface area contributed by atoms with E-state index in [4.69, 9.17) is 9.98 Å². The smallest absolute Gasteiger partial charge is 0.283 e. The van der Waals surface area contributed by atoms with Gasteiger partial charge in [0.05, 0.1) is 19.1 Å². The Kier molecular flexibility index (Phi) is 6.36. The summed E-state index contributed by atoms with van der Waals surface area (Å²) in [4.78, 5) is 27.0. The zero-order valence-electron chi connectivity index (χ0n) is 21.1. The van der Waals surface area contributed by atoms with Crippen LogP contribution in [-0.4, -0.2) is 45.4 Å². The molecular formula is C28H31F2N5O. The summed E-state index contributed by atoms with van der Waals surface area (Å²) in [5.41, 5.74) is 3.05. The number of benzene rings is 2. The number of aromatic nitrogens is 2. The number of rotatable bonds is 7. The Morgan fingerprint density at radius 3 is 2.61 bits per heavy atom. The molecule has 8 heteroatoms. The quantitative estimate of drug-likeness (QED) is 0.469. The van der Waals surface area contributed by atoms with Gasteiger partial charge < -0.3 is 4.57 Å². The van der Waals surface area contributed by atoms with Crippen molar-refractivity contribution in [1.82, 2.24) is 14.5 Å². The van der Waals surface area contributed by atoms with Crippen molar-refractivity contribution in [3.05, 3.63) is 82.3 Å². The van der Waals surface area contributed by atoms with Gasteiger partial charge in [-0.3, -0.25) is 14.6 Å². The van der Waals surface area contributed by atoms with Gasteiger partial charge in [-0.25, -0.2) is 18.8 Å². The molecule has 0 N–H and O–H groups in total. The third-order valence-corrected chi connectivity index (χ3v) is 7.01. The number of anilines is 1. The lowest BCUT2D eigenvalue weighted by atomic mass is 10.1. The predicted octanol–water partition coefficient (Wildman–Crippen LogP) is 4.98. The van der Waals surface area contributed by atoms with Crippen molar-refractivity contribution in [2.75, 3.05) is 18.0 Å². The first-order chi connectivity index (χ1) is 17.3.